The molecule has 134 valence electrons. The van der Waals surface area contributed by atoms with E-state index in [0.717, 1.165) is 11.3 Å². The maximum absolute atomic E-state index is 13.1. The van der Waals surface area contributed by atoms with Crippen molar-refractivity contribution in [1.29, 1.82) is 0 Å². The minimum absolute atomic E-state index is 0.237. The molecule has 5 nitrogen and oxygen atoms in total. The summed E-state index contributed by atoms with van der Waals surface area (Å²) in [5.41, 5.74) is 2.86. The number of carbonyl (C=O) groups excluding carboxylic acids is 1. The van der Waals surface area contributed by atoms with Crippen molar-refractivity contribution >= 4 is 17.3 Å². The zero-order chi connectivity index (χ0) is 18.6. The molecule has 0 bridgehead atoms. The highest BCUT2D eigenvalue weighted by atomic mass is 16.3. The first-order valence-corrected chi connectivity index (χ1v) is 8.85. The molecular formula is C22H19N3O2. The second-order valence-corrected chi connectivity index (χ2v) is 6.41. The third kappa shape index (κ3) is 3.50. The van der Waals surface area contributed by atoms with Crippen LogP contribution in [0.1, 0.15) is 23.8 Å². The average Bonchev–Trinajstić information content (AvgIpc) is 2.75. The Morgan fingerprint density at radius 2 is 1.59 bits per heavy atom. The second-order valence-electron chi connectivity index (χ2n) is 6.41. The van der Waals surface area contributed by atoms with Crippen LogP contribution in [0, 0.1) is 5.92 Å². The number of carbonyl (C=O) groups is 1. The summed E-state index contributed by atoms with van der Waals surface area (Å²) in [6.45, 7) is 0. The Labute approximate surface area is 157 Å². The fourth-order valence-corrected chi connectivity index (χ4v) is 3.23. The Morgan fingerprint density at radius 3 is 2.26 bits per heavy atom. The monoisotopic (exact) mass is 357 g/mol. The molecule has 1 N–H and O–H groups in total. The van der Waals surface area contributed by atoms with Gasteiger partial charge in [-0.15, -0.1) is 0 Å². The van der Waals surface area contributed by atoms with Crippen LogP contribution in [0.4, 0.5) is 5.69 Å². The molecule has 0 spiro atoms. The van der Waals surface area contributed by atoms with Crippen molar-refractivity contribution in [2.24, 2.45) is 11.0 Å². The molecular weight excluding hydrogens is 338 g/mol. The molecule has 2 atom stereocenters. The molecule has 1 amide bonds. The Bertz CT molecular complexity index is 943. The number of aliphatic hydroxyl groups is 1. The number of hydrazone groups is 1. The van der Waals surface area contributed by atoms with Crippen molar-refractivity contribution in [1.82, 2.24) is 4.98 Å². The summed E-state index contributed by atoms with van der Waals surface area (Å²) >= 11 is 0. The molecule has 0 saturated carbocycles. The van der Waals surface area contributed by atoms with E-state index in [-0.39, 0.29) is 5.91 Å². The van der Waals surface area contributed by atoms with Crippen LogP contribution in [0.3, 0.4) is 0 Å². The number of hydrogen-bond acceptors (Lipinski definition) is 4. The summed E-state index contributed by atoms with van der Waals surface area (Å²) in [4.78, 5) is 17.4. The van der Waals surface area contributed by atoms with E-state index in [9.17, 15) is 9.90 Å². The lowest BCUT2D eigenvalue weighted by atomic mass is 9.88. The molecule has 0 fully saturated rings. The molecule has 5 heteroatoms. The van der Waals surface area contributed by atoms with E-state index >= 15 is 0 Å². The first-order chi connectivity index (χ1) is 13.2. The van der Waals surface area contributed by atoms with Crippen LogP contribution < -0.4 is 5.01 Å². The van der Waals surface area contributed by atoms with E-state index < -0.39 is 12.0 Å². The molecule has 3 aromatic rings. The molecule has 4 rings (SSSR count). The van der Waals surface area contributed by atoms with E-state index in [1.807, 2.05) is 60.7 Å². The minimum Gasteiger partial charge on any atom is -0.386 e. The summed E-state index contributed by atoms with van der Waals surface area (Å²) in [5.74, 6) is -0.896. The maximum Gasteiger partial charge on any atom is 0.253 e. The van der Waals surface area contributed by atoms with Crippen molar-refractivity contribution in [2.75, 3.05) is 5.01 Å². The van der Waals surface area contributed by atoms with Gasteiger partial charge in [-0.3, -0.25) is 9.78 Å². The molecule has 0 aliphatic carbocycles. The number of amides is 1. The van der Waals surface area contributed by atoms with Gasteiger partial charge in [-0.05, 0) is 29.8 Å². The van der Waals surface area contributed by atoms with Crippen LogP contribution >= 0.6 is 0 Å². The van der Waals surface area contributed by atoms with Crippen LogP contribution in [0.15, 0.2) is 90.2 Å². The van der Waals surface area contributed by atoms with Gasteiger partial charge in [0.05, 0.1) is 23.0 Å². The number of aliphatic hydroxyl groups excluding tert-OH is 1. The van der Waals surface area contributed by atoms with Crippen LogP contribution in [0.25, 0.3) is 0 Å². The lowest BCUT2D eigenvalue weighted by molar-refractivity contribution is -0.126. The molecule has 2 unspecified atom stereocenters. The molecule has 0 radical (unpaired) electrons. The second kappa shape index (κ2) is 7.51. The van der Waals surface area contributed by atoms with E-state index in [1.54, 1.807) is 24.4 Å². The lowest BCUT2D eigenvalue weighted by Crippen LogP contribution is -2.41. The first-order valence-electron chi connectivity index (χ1n) is 8.85. The number of hydrogen-bond donors (Lipinski definition) is 1. The highest BCUT2D eigenvalue weighted by molar-refractivity contribution is 6.09. The molecule has 1 aliphatic rings. The van der Waals surface area contributed by atoms with Gasteiger partial charge in [0, 0.05) is 12.6 Å². The van der Waals surface area contributed by atoms with Crippen LogP contribution in [0.2, 0.25) is 0 Å². The molecule has 0 saturated heterocycles. The van der Waals surface area contributed by atoms with E-state index in [1.165, 1.54) is 5.01 Å². The largest absolute Gasteiger partial charge is 0.386 e. The predicted octanol–water partition coefficient (Wildman–Crippen LogP) is 3.57. The van der Waals surface area contributed by atoms with Crippen LogP contribution in [-0.2, 0) is 4.79 Å². The third-order valence-electron chi connectivity index (χ3n) is 4.64. The normalized spacial score (nSPS) is 18.1. The van der Waals surface area contributed by atoms with Gasteiger partial charge in [-0.1, -0.05) is 54.6 Å². The Kier molecular flexibility index (Phi) is 4.77. The Hall–Kier alpha value is -3.31. The smallest absolute Gasteiger partial charge is 0.253 e. The Balaban J connectivity index is 1.75. The number of benzene rings is 2. The van der Waals surface area contributed by atoms with Crippen molar-refractivity contribution in [3.05, 3.63) is 96.3 Å². The zero-order valence-corrected chi connectivity index (χ0v) is 14.6. The van der Waals surface area contributed by atoms with Gasteiger partial charge in [-0.25, -0.2) is 5.01 Å². The third-order valence-corrected chi connectivity index (χ3v) is 4.64. The summed E-state index contributed by atoms with van der Waals surface area (Å²) in [6, 6.07) is 24.3. The highest BCUT2D eigenvalue weighted by Gasteiger charge is 2.38. The van der Waals surface area contributed by atoms with Gasteiger partial charge in [0.1, 0.15) is 6.10 Å². The van der Waals surface area contributed by atoms with Gasteiger partial charge >= 0.3 is 0 Å². The van der Waals surface area contributed by atoms with Gasteiger partial charge in [-0.2, -0.15) is 5.10 Å². The van der Waals surface area contributed by atoms with Gasteiger partial charge in [0.2, 0.25) is 0 Å². The highest BCUT2D eigenvalue weighted by Crippen LogP contribution is 2.32. The minimum atomic E-state index is -1.00. The maximum atomic E-state index is 13.1. The molecule has 1 aromatic heterocycles. The SMILES string of the molecule is O=C1C(C(O)c2ccccn2)CC(c2ccccc2)=NN1c1ccccc1. The standard InChI is InChI=1S/C22H19N3O2/c26-21(19-13-7-8-14-23-19)18-15-20(16-9-3-1-4-10-16)24-25(22(18)27)17-11-5-2-6-12-17/h1-14,18,21,26H,15H2. The fraction of sp³-hybridized carbons (Fsp3) is 0.136. The van der Waals surface area contributed by atoms with Gasteiger partial charge in [0.15, 0.2) is 0 Å². The lowest BCUT2D eigenvalue weighted by Gasteiger charge is -2.32. The number of rotatable bonds is 4. The van der Waals surface area contributed by atoms with E-state index in [4.69, 9.17) is 0 Å². The topological polar surface area (TPSA) is 65.8 Å². The fourth-order valence-electron chi connectivity index (χ4n) is 3.23. The molecule has 2 aromatic carbocycles. The summed E-state index contributed by atoms with van der Waals surface area (Å²) in [6.07, 6.45) is 0.968. The number of anilines is 1. The quantitative estimate of drug-likeness (QED) is 0.776. The first kappa shape index (κ1) is 17.1. The van der Waals surface area contributed by atoms with Gasteiger partial charge in [0.25, 0.3) is 5.91 Å². The van der Waals surface area contributed by atoms with E-state index in [2.05, 4.69) is 10.1 Å². The number of nitrogens with zero attached hydrogens (tertiary/aromatic N) is 3. The molecule has 2 heterocycles. The predicted molar refractivity (Wildman–Crippen MR) is 104 cm³/mol. The number of para-hydroxylation sites is 1. The van der Waals surface area contributed by atoms with Crippen molar-refractivity contribution in [2.45, 2.75) is 12.5 Å². The number of pyridine rings is 1. The average molecular weight is 357 g/mol. The van der Waals surface area contributed by atoms with E-state index in [0.29, 0.717) is 17.8 Å². The summed E-state index contributed by atoms with van der Waals surface area (Å²) in [5, 5.41) is 16.9. The van der Waals surface area contributed by atoms with Crippen molar-refractivity contribution < 1.29 is 9.90 Å². The summed E-state index contributed by atoms with van der Waals surface area (Å²) < 4.78 is 0. The molecule has 1 aliphatic heterocycles. The molecule has 27 heavy (non-hydrogen) atoms. The summed E-state index contributed by atoms with van der Waals surface area (Å²) in [7, 11) is 0. The van der Waals surface area contributed by atoms with Crippen LogP contribution in [-0.4, -0.2) is 21.7 Å². The van der Waals surface area contributed by atoms with Crippen molar-refractivity contribution in [3.63, 3.8) is 0 Å². The number of aromatic nitrogens is 1. The van der Waals surface area contributed by atoms with Gasteiger partial charge < -0.3 is 5.11 Å². The Morgan fingerprint density at radius 1 is 0.926 bits per heavy atom. The zero-order valence-electron chi connectivity index (χ0n) is 14.6. The van der Waals surface area contributed by atoms with Crippen molar-refractivity contribution in [3.8, 4) is 0 Å². The van der Waals surface area contributed by atoms with Crippen LogP contribution in [0.5, 0.6) is 0 Å².